The average molecular weight is 589 g/mol. The molecule has 8 bridgehead atoms. The van der Waals surface area contributed by atoms with Crippen LogP contribution < -0.4 is 14.2 Å². The molecule has 8 aliphatic rings. The zero-order valence-electron chi connectivity index (χ0n) is 26.8. The van der Waals surface area contributed by atoms with Crippen molar-refractivity contribution in [3.8, 4) is 39.5 Å². The fraction of sp³-hybridized carbons (Fsp3) is 0.561. The summed E-state index contributed by atoms with van der Waals surface area (Å²) in [4.78, 5) is 0. The van der Waals surface area contributed by atoms with E-state index in [4.69, 9.17) is 14.2 Å². The van der Waals surface area contributed by atoms with E-state index in [1.54, 1.807) is 19.8 Å². The lowest BCUT2D eigenvalue weighted by molar-refractivity contribution is -0.00631. The van der Waals surface area contributed by atoms with Gasteiger partial charge in [-0.3, -0.25) is 0 Å². The van der Waals surface area contributed by atoms with Crippen molar-refractivity contribution in [2.45, 2.75) is 82.0 Å². The Morgan fingerprint density at radius 3 is 1.50 bits per heavy atom. The lowest BCUT2D eigenvalue weighted by Gasteiger charge is -2.58. The maximum Gasteiger partial charge on any atom is 0.131 e. The second kappa shape index (κ2) is 10.3. The standard InChI is InChI=1S/C41H48O3/c1-42-33-8-4-29(5-9-33)35-20-36(37-31-16-24-12-25(18-31)19-32(37)17-24)38(30-6-10-34(43-2)11-7-30)40(44-3)39(35)41-21-26-13-27(22-41)15-28(14-26)23-41/h4-11,20,24-28,31-32,37H,12-19,21-23H2,1-3H3. The smallest absolute Gasteiger partial charge is 0.131 e. The predicted octanol–water partition coefficient (Wildman–Crippen LogP) is 10.1. The first-order chi connectivity index (χ1) is 21.5. The third-order valence-electron chi connectivity index (χ3n) is 13.5. The van der Waals surface area contributed by atoms with E-state index in [2.05, 4.69) is 54.6 Å². The third-order valence-corrected chi connectivity index (χ3v) is 13.5. The molecule has 0 N–H and O–H groups in total. The number of ether oxygens (including phenoxy) is 3. The first-order valence-electron chi connectivity index (χ1n) is 17.6. The van der Waals surface area contributed by atoms with Crippen molar-refractivity contribution in [3.05, 3.63) is 65.7 Å². The van der Waals surface area contributed by atoms with Crippen LogP contribution in [0.1, 0.15) is 87.7 Å². The molecule has 3 aromatic rings. The van der Waals surface area contributed by atoms with Crippen molar-refractivity contribution in [2.24, 2.45) is 41.4 Å². The van der Waals surface area contributed by atoms with Crippen molar-refractivity contribution in [1.82, 2.24) is 0 Å². The highest BCUT2D eigenvalue weighted by molar-refractivity contribution is 5.85. The summed E-state index contributed by atoms with van der Waals surface area (Å²) in [5, 5.41) is 0. The summed E-state index contributed by atoms with van der Waals surface area (Å²) in [7, 11) is 5.50. The highest BCUT2D eigenvalue weighted by Crippen LogP contribution is 2.66. The predicted molar refractivity (Wildman–Crippen MR) is 177 cm³/mol. The zero-order chi connectivity index (χ0) is 29.6. The van der Waals surface area contributed by atoms with Crippen LogP contribution in [0, 0.1) is 41.4 Å². The number of hydrogen-bond acceptors (Lipinski definition) is 3. The summed E-state index contributed by atoms with van der Waals surface area (Å²) in [6.45, 7) is 0. The van der Waals surface area contributed by atoms with Gasteiger partial charge in [-0.2, -0.15) is 0 Å². The fourth-order valence-corrected chi connectivity index (χ4v) is 12.6. The average Bonchev–Trinajstić information content (AvgIpc) is 3.03. The third kappa shape index (κ3) is 4.20. The Kier molecular flexibility index (Phi) is 6.40. The Morgan fingerprint density at radius 2 is 1.02 bits per heavy atom. The van der Waals surface area contributed by atoms with Gasteiger partial charge in [0.15, 0.2) is 0 Å². The Labute approximate surface area is 263 Å². The van der Waals surface area contributed by atoms with Crippen molar-refractivity contribution in [1.29, 1.82) is 0 Å². The van der Waals surface area contributed by atoms with Crippen molar-refractivity contribution in [3.63, 3.8) is 0 Å². The van der Waals surface area contributed by atoms with E-state index in [1.807, 2.05) is 7.11 Å². The normalized spacial score (nSPS) is 36.1. The maximum atomic E-state index is 6.81. The van der Waals surface area contributed by atoms with Gasteiger partial charge in [0.1, 0.15) is 17.2 Å². The minimum absolute atomic E-state index is 0.194. The van der Waals surface area contributed by atoms with E-state index < -0.39 is 0 Å². The molecule has 11 rings (SSSR count). The number of hydrogen-bond donors (Lipinski definition) is 0. The van der Waals surface area contributed by atoms with E-state index in [0.29, 0.717) is 5.92 Å². The van der Waals surface area contributed by atoms with E-state index in [-0.39, 0.29) is 5.41 Å². The molecule has 0 radical (unpaired) electrons. The van der Waals surface area contributed by atoms with Crippen LogP contribution in [0.4, 0.5) is 0 Å². The monoisotopic (exact) mass is 588 g/mol. The van der Waals surface area contributed by atoms with E-state index in [1.165, 1.54) is 104 Å². The SMILES string of the molecule is COc1ccc(-c2cc(C3C4CC5CC(C4)CC3C5)c(-c3ccc(OC)cc3)c(OC)c2C23CC4CC(CC(C4)C2)C3)cc1. The van der Waals surface area contributed by atoms with Gasteiger partial charge in [0.05, 0.1) is 21.3 Å². The van der Waals surface area contributed by atoms with Gasteiger partial charge >= 0.3 is 0 Å². The fourth-order valence-electron chi connectivity index (χ4n) is 12.6. The van der Waals surface area contributed by atoms with Crippen LogP contribution in [-0.2, 0) is 5.41 Å². The topological polar surface area (TPSA) is 27.7 Å². The van der Waals surface area contributed by atoms with Gasteiger partial charge in [-0.1, -0.05) is 24.3 Å². The number of rotatable bonds is 7. The summed E-state index contributed by atoms with van der Waals surface area (Å²) in [5.74, 6) is 9.71. The molecule has 0 spiro atoms. The van der Waals surface area contributed by atoms with Crippen LogP contribution in [0.2, 0.25) is 0 Å². The van der Waals surface area contributed by atoms with Crippen LogP contribution in [0.15, 0.2) is 54.6 Å². The molecule has 0 atom stereocenters. The van der Waals surface area contributed by atoms with Crippen LogP contribution in [-0.4, -0.2) is 21.3 Å². The molecule has 3 aromatic carbocycles. The molecule has 0 saturated heterocycles. The molecular weight excluding hydrogens is 540 g/mol. The van der Waals surface area contributed by atoms with E-state index in [9.17, 15) is 0 Å². The lowest BCUT2D eigenvalue weighted by Crippen LogP contribution is -2.49. The summed E-state index contributed by atoms with van der Waals surface area (Å²) in [5.41, 5.74) is 8.70. The molecule has 3 nitrogen and oxygen atoms in total. The van der Waals surface area contributed by atoms with E-state index in [0.717, 1.165) is 52.9 Å². The second-order valence-corrected chi connectivity index (χ2v) is 15.9. The molecule has 230 valence electrons. The summed E-state index contributed by atoms with van der Waals surface area (Å²) in [6, 6.07) is 20.5. The number of benzene rings is 3. The molecule has 0 heterocycles. The first-order valence-corrected chi connectivity index (χ1v) is 17.6. The summed E-state index contributed by atoms with van der Waals surface area (Å²) >= 11 is 0. The largest absolute Gasteiger partial charge is 0.497 e. The minimum Gasteiger partial charge on any atom is -0.497 e. The van der Waals surface area contributed by atoms with Crippen LogP contribution >= 0.6 is 0 Å². The quantitative estimate of drug-likeness (QED) is 0.275. The molecule has 8 fully saturated rings. The molecule has 0 amide bonds. The molecule has 3 heteroatoms. The highest BCUT2D eigenvalue weighted by Gasteiger charge is 2.55. The Bertz CT molecular complexity index is 1490. The number of methoxy groups -OCH3 is 3. The van der Waals surface area contributed by atoms with Gasteiger partial charge in [-0.05, 0) is 171 Å². The molecule has 8 aliphatic carbocycles. The first kappa shape index (κ1) is 27.4. The van der Waals surface area contributed by atoms with Gasteiger partial charge in [0.2, 0.25) is 0 Å². The van der Waals surface area contributed by atoms with Crippen LogP contribution in [0.3, 0.4) is 0 Å². The van der Waals surface area contributed by atoms with Crippen LogP contribution in [0.25, 0.3) is 22.3 Å². The van der Waals surface area contributed by atoms with Gasteiger partial charge in [-0.15, -0.1) is 0 Å². The Balaban J connectivity index is 1.32. The van der Waals surface area contributed by atoms with Crippen molar-refractivity contribution >= 4 is 0 Å². The van der Waals surface area contributed by atoms with Gasteiger partial charge in [0, 0.05) is 16.5 Å². The lowest BCUT2D eigenvalue weighted by atomic mass is 9.47. The van der Waals surface area contributed by atoms with E-state index >= 15 is 0 Å². The summed E-state index contributed by atoms with van der Waals surface area (Å²) in [6.07, 6.45) is 15.4. The van der Waals surface area contributed by atoms with Gasteiger partial charge in [0.25, 0.3) is 0 Å². The molecule has 0 unspecified atom stereocenters. The molecule has 0 aromatic heterocycles. The van der Waals surface area contributed by atoms with Crippen LogP contribution in [0.5, 0.6) is 17.2 Å². The zero-order valence-corrected chi connectivity index (χ0v) is 26.8. The Morgan fingerprint density at radius 1 is 0.545 bits per heavy atom. The second-order valence-electron chi connectivity index (χ2n) is 15.9. The maximum absolute atomic E-state index is 6.81. The Hall–Kier alpha value is -2.94. The molecule has 44 heavy (non-hydrogen) atoms. The van der Waals surface area contributed by atoms with Crippen molar-refractivity contribution in [2.75, 3.05) is 21.3 Å². The molecule has 8 saturated carbocycles. The van der Waals surface area contributed by atoms with Crippen molar-refractivity contribution < 1.29 is 14.2 Å². The molecule has 0 aliphatic heterocycles. The minimum atomic E-state index is 0.194. The summed E-state index contributed by atoms with van der Waals surface area (Å²) < 4.78 is 18.1. The highest BCUT2D eigenvalue weighted by atomic mass is 16.5. The van der Waals surface area contributed by atoms with Gasteiger partial charge < -0.3 is 14.2 Å². The molecular formula is C41H48O3. The van der Waals surface area contributed by atoms with Gasteiger partial charge in [-0.25, -0.2) is 0 Å².